The Hall–Kier alpha value is -1.94. The van der Waals surface area contributed by atoms with E-state index in [1.54, 1.807) is 12.3 Å². The standard InChI is InChI=1S/C17H16ClNO3/c18-13-4-1-3-10-14(6-8-22-16(10)13)19-17(20)12-9-11(12)15-5-2-7-21-15/h1-5,7,11-12,14H,6,8-9H2,(H,19,20)/t11-,12+,14+/m0/s1. The van der Waals surface area contributed by atoms with Crippen LogP contribution >= 0.6 is 11.6 Å². The normalized spacial score (nSPS) is 26.0. The molecule has 0 saturated heterocycles. The molecule has 2 aliphatic rings. The van der Waals surface area contributed by atoms with Crippen molar-refractivity contribution >= 4 is 17.5 Å². The van der Waals surface area contributed by atoms with Crippen molar-refractivity contribution in [3.63, 3.8) is 0 Å². The topological polar surface area (TPSA) is 51.5 Å². The molecule has 22 heavy (non-hydrogen) atoms. The number of fused-ring (bicyclic) bond motifs is 1. The maximum Gasteiger partial charge on any atom is 0.224 e. The van der Waals surface area contributed by atoms with Crippen LogP contribution in [-0.4, -0.2) is 12.5 Å². The second-order valence-corrected chi connectivity index (χ2v) is 6.23. The van der Waals surface area contributed by atoms with Crippen molar-refractivity contribution in [1.29, 1.82) is 0 Å². The molecule has 1 aromatic carbocycles. The zero-order chi connectivity index (χ0) is 15.1. The minimum Gasteiger partial charge on any atom is -0.492 e. The van der Waals surface area contributed by atoms with E-state index in [2.05, 4.69) is 5.32 Å². The Morgan fingerprint density at radius 3 is 3.00 bits per heavy atom. The van der Waals surface area contributed by atoms with E-state index in [1.165, 1.54) is 0 Å². The van der Waals surface area contributed by atoms with Gasteiger partial charge < -0.3 is 14.5 Å². The van der Waals surface area contributed by atoms with Gasteiger partial charge in [0.25, 0.3) is 0 Å². The highest BCUT2D eigenvalue weighted by Gasteiger charge is 2.46. The van der Waals surface area contributed by atoms with Crippen LogP contribution in [0.4, 0.5) is 0 Å². The fraction of sp³-hybridized carbons (Fsp3) is 0.353. The first kappa shape index (κ1) is 13.7. The van der Waals surface area contributed by atoms with Gasteiger partial charge in [0.2, 0.25) is 5.91 Å². The van der Waals surface area contributed by atoms with Crippen LogP contribution in [0.25, 0.3) is 0 Å². The van der Waals surface area contributed by atoms with Gasteiger partial charge in [0.15, 0.2) is 0 Å². The molecule has 2 aromatic rings. The summed E-state index contributed by atoms with van der Waals surface area (Å²) in [6, 6.07) is 9.41. The third-order valence-corrected chi connectivity index (χ3v) is 4.68. The highest BCUT2D eigenvalue weighted by molar-refractivity contribution is 6.32. The van der Waals surface area contributed by atoms with Crippen LogP contribution in [0.2, 0.25) is 5.02 Å². The molecule has 3 atom stereocenters. The number of ether oxygens (including phenoxy) is 1. The first-order chi connectivity index (χ1) is 10.7. The Labute approximate surface area is 133 Å². The average molecular weight is 318 g/mol. The summed E-state index contributed by atoms with van der Waals surface area (Å²) in [6.07, 6.45) is 3.27. The zero-order valence-corrected chi connectivity index (χ0v) is 12.7. The van der Waals surface area contributed by atoms with Gasteiger partial charge in [-0.15, -0.1) is 0 Å². The average Bonchev–Trinajstić information content (AvgIpc) is 3.14. The van der Waals surface area contributed by atoms with E-state index in [0.29, 0.717) is 17.4 Å². The number of nitrogens with one attached hydrogen (secondary N) is 1. The quantitative estimate of drug-likeness (QED) is 0.939. The molecule has 0 unspecified atom stereocenters. The Morgan fingerprint density at radius 1 is 1.27 bits per heavy atom. The fourth-order valence-electron chi connectivity index (χ4n) is 3.12. The van der Waals surface area contributed by atoms with E-state index < -0.39 is 0 Å². The van der Waals surface area contributed by atoms with Crippen LogP contribution in [0, 0.1) is 5.92 Å². The monoisotopic (exact) mass is 317 g/mol. The summed E-state index contributed by atoms with van der Waals surface area (Å²) >= 11 is 6.16. The van der Waals surface area contributed by atoms with Gasteiger partial charge >= 0.3 is 0 Å². The maximum atomic E-state index is 12.4. The summed E-state index contributed by atoms with van der Waals surface area (Å²) in [5, 5.41) is 3.73. The summed E-state index contributed by atoms with van der Waals surface area (Å²) < 4.78 is 11.0. The molecule has 1 aliphatic carbocycles. The molecular weight excluding hydrogens is 302 g/mol. The van der Waals surface area contributed by atoms with Crippen LogP contribution in [0.1, 0.15) is 36.1 Å². The van der Waals surface area contributed by atoms with Crippen molar-refractivity contribution in [2.24, 2.45) is 5.92 Å². The molecule has 1 aliphatic heterocycles. The summed E-state index contributed by atoms with van der Waals surface area (Å²) in [5.41, 5.74) is 0.960. The maximum absolute atomic E-state index is 12.4. The predicted octanol–water partition coefficient (Wildman–Crippen LogP) is 3.68. The molecule has 1 saturated carbocycles. The third-order valence-electron chi connectivity index (χ3n) is 4.38. The smallest absolute Gasteiger partial charge is 0.224 e. The lowest BCUT2D eigenvalue weighted by Gasteiger charge is -2.27. The van der Waals surface area contributed by atoms with Crippen LogP contribution < -0.4 is 10.1 Å². The van der Waals surface area contributed by atoms with Crippen LogP contribution in [-0.2, 0) is 4.79 Å². The van der Waals surface area contributed by atoms with E-state index >= 15 is 0 Å². The lowest BCUT2D eigenvalue weighted by Crippen LogP contribution is -2.33. The molecule has 0 spiro atoms. The summed E-state index contributed by atoms with van der Waals surface area (Å²) in [6.45, 7) is 0.563. The number of para-hydroxylation sites is 1. The third kappa shape index (κ3) is 2.37. The highest BCUT2D eigenvalue weighted by atomic mass is 35.5. The van der Waals surface area contributed by atoms with Gasteiger partial charge in [-0.3, -0.25) is 4.79 Å². The lowest BCUT2D eigenvalue weighted by atomic mass is 10.00. The molecule has 2 heterocycles. The van der Waals surface area contributed by atoms with Gasteiger partial charge in [0.1, 0.15) is 11.5 Å². The Bertz CT molecular complexity index is 698. The number of halogens is 1. The number of benzene rings is 1. The molecule has 0 bridgehead atoms. The first-order valence-electron chi connectivity index (χ1n) is 7.49. The van der Waals surface area contributed by atoms with E-state index in [4.69, 9.17) is 20.8 Å². The number of hydrogen-bond donors (Lipinski definition) is 1. The molecule has 5 heteroatoms. The molecule has 1 N–H and O–H groups in total. The zero-order valence-electron chi connectivity index (χ0n) is 11.9. The molecule has 4 rings (SSSR count). The van der Waals surface area contributed by atoms with E-state index in [-0.39, 0.29) is 23.8 Å². The summed E-state index contributed by atoms with van der Waals surface area (Å²) in [5.74, 6) is 1.90. The Kier molecular flexibility index (Phi) is 3.34. The van der Waals surface area contributed by atoms with Crippen molar-refractivity contribution in [3.05, 3.63) is 52.9 Å². The Morgan fingerprint density at radius 2 is 2.18 bits per heavy atom. The van der Waals surface area contributed by atoms with Gasteiger partial charge in [0, 0.05) is 23.8 Å². The van der Waals surface area contributed by atoms with Gasteiger partial charge in [-0.2, -0.15) is 0 Å². The predicted molar refractivity (Wildman–Crippen MR) is 82.0 cm³/mol. The first-order valence-corrected chi connectivity index (χ1v) is 7.87. The summed E-state index contributed by atoms with van der Waals surface area (Å²) in [4.78, 5) is 12.4. The minimum absolute atomic E-state index is 0.0108. The molecule has 114 valence electrons. The Balaban J connectivity index is 1.47. The van der Waals surface area contributed by atoms with Crippen molar-refractivity contribution in [1.82, 2.24) is 5.32 Å². The minimum atomic E-state index is -0.0344. The number of furan rings is 1. The van der Waals surface area contributed by atoms with E-state index in [1.807, 2.05) is 24.3 Å². The summed E-state index contributed by atoms with van der Waals surface area (Å²) in [7, 11) is 0. The molecular formula is C17H16ClNO3. The van der Waals surface area contributed by atoms with Crippen LogP contribution in [0.15, 0.2) is 41.0 Å². The SMILES string of the molecule is O=C(N[C@@H]1CCOc2c(Cl)cccc21)[C@@H]1C[C@@H]1c1ccco1. The molecule has 1 aromatic heterocycles. The van der Waals surface area contributed by atoms with Crippen molar-refractivity contribution in [2.45, 2.75) is 24.8 Å². The number of hydrogen-bond acceptors (Lipinski definition) is 3. The number of carbonyl (C=O) groups excluding carboxylic acids is 1. The van der Waals surface area contributed by atoms with Crippen molar-refractivity contribution in [3.8, 4) is 5.75 Å². The molecule has 0 radical (unpaired) electrons. The van der Waals surface area contributed by atoms with Crippen LogP contribution in [0.5, 0.6) is 5.75 Å². The second kappa shape index (κ2) is 5.36. The van der Waals surface area contributed by atoms with Crippen molar-refractivity contribution < 1.29 is 13.9 Å². The fourth-order valence-corrected chi connectivity index (χ4v) is 3.35. The molecule has 1 fully saturated rings. The van der Waals surface area contributed by atoms with Gasteiger partial charge in [-0.1, -0.05) is 23.7 Å². The number of amides is 1. The van der Waals surface area contributed by atoms with Gasteiger partial charge in [-0.25, -0.2) is 0 Å². The molecule has 4 nitrogen and oxygen atoms in total. The van der Waals surface area contributed by atoms with E-state index in [0.717, 1.165) is 24.2 Å². The van der Waals surface area contributed by atoms with Crippen molar-refractivity contribution in [2.75, 3.05) is 6.61 Å². The number of carbonyl (C=O) groups is 1. The van der Waals surface area contributed by atoms with Crippen LogP contribution in [0.3, 0.4) is 0 Å². The largest absolute Gasteiger partial charge is 0.492 e. The second-order valence-electron chi connectivity index (χ2n) is 5.82. The highest BCUT2D eigenvalue weighted by Crippen LogP contribution is 2.48. The number of rotatable bonds is 3. The van der Waals surface area contributed by atoms with Gasteiger partial charge in [0.05, 0.1) is 23.9 Å². The van der Waals surface area contributed by atoms with Gasteiger partial charge in [-0.05, 0) is 24.6 Å². The molecule has 1 amide bonds. The lowest BCUT2D eigenvalue weighted by molar-refractivity contribution is -0.123. The van der Waals surface area contributed by atoms with E-state index in [9.17, 15) is 4.79 Å².